The first-order valence-electron chi connectivity index (χ1n) is 10.3. The summed E-state index contributed by atoms with van der Waals surface area (Å²) in [5.41, 5.74) is 5.75. The highest BCUT2D eigenvalue weighted by molar-refractivity contribution is 7.13. The molecule has 0 aliphatic rings. The Balaban J connectivity index is 2.20. The number of aromatic nitrogens is 1. The summed E-state index contributed by atoms with van der Waals surface area (Å²) >= 11 is 1.64. The molecule has 0 aliphatic carbocycles. The number of nitriles is 1. The van der Waals surface area contributed by atoms with Crippen molar-refractivity contribution in [3.05, 3.63) is 35.0 Å². The maximum Gasteiger partial charge on any atom is 0.191 e. The molecule has 0 unspecified atom stereocenters. The Bertz CT molecular complexity index is 862. The molecule has 0 bridgehead atoms. The van der Waals surface area contributed by atoms with Gasteiger partial charge in [-0.2, -0.15) is 5.26 Å². The molecule has 0 N–H and O–H groups in total. The van der Waals surface area contributed by atoms with Crippen LogP contribution in [0, 0.1) is 18.3 Å². The minimum absolute atomic E-state index is 0.222. The molecule has 1 aromatic heterocycles. The van der Waals surface area contributed by atoms with E-state index in [1.54, 1.807) is 11.3 Å². The molecule has 2 aromatic rings. The first kappa shape index (κ1) is 23.6. The molecule has 0 spiro atoms. The van der Waals surface area contributed by atoms with Crippen LogP contribution < -0.4 is 4.90 Å². The highest BCUT2D eigenvalue weighted by Gasteiger charge is 2.36. The number of rotatable bonds is 8. The number of anilines is 1. The zero-order chi connectivity index (χ0) is 21.8. The van der Waals surface area contributed by atoms with Crippen LogP contribution >= 0.6 is 11.3 Å². The summed E-state index contributed by atoms with van der Waals surface area (Å²) in [7, 11) is -1.73. The summed E-state index contributed by atoms with van der Waals surface area (Å²) < 4.78 is 6.36. The fourth-order valence-electron chi connectivity index (χ4n) is 3.02. The Morgan fingerprint density at radius 2 is 1.97 bits per heavy atom. The van der Waals surface area contributed by atoms with Gasteiger partial charge in [0.05, 0.1) is 27.3 Å². The Morgan fingerprint density at radius 1 is 1.28 bits per heavy atom. The minimum atomic E-state index is -1.73. The molecule has 0 saturated carbocycles. The van der Waals surface area contributed by atoms with Crippen molar-refractivity contribution in [3.63, 3.8) is 0 Å². The smallest absolute Gasteiger partial charge is 0.191 e. The number of aryl methyl sites for hydroxylation is 1. The van der Waals surface area contributed by atoms with Crippen LogP contribution in [0.4, 0.5) is 5.69 Å². The molecule has 158 valence electrons. The normalized spacial score (nSPS) is 12.3. The minimum Gasteiger partial charge on any atom is -0.417 e. The van der Waals surface area contributed by atoms with Crippen molar-refractivity contribution in [2.45, 2.75) is 72.1 Å². The molecule has 0 radical (unpaired) electrons. The first-order valence-corrected chi connectivity index (χ1v) is 14.1. The predicted molar refractivity (Wildman–Crippen MR) is 127 cm³/mol. The molecule has 4 nitrogen and oxygen atoms in total. The van der Waals surface area contributed by atoms with Crippen molar-refractivity contribution in [3.8, 4) is 16.5 Å². The third-order valence-electron chi connectivity index (χ3n) is 5.87. The van der Waals surface area contributed by atoms with E-state index in [2.05, 4.69) is 69.7 Å². The fraction of sp³-hybridized carbons (Fsp3) is 0.565. The van der Waals surface area contributed by atoms with Crippen LogP contribution in [0.5, 0.6) is 0 Å². The molecule has 0 amide bonds. The standard InChI is InChI=1S/C23H35N3OSSi/c1-17(2)26(12-9-13-27-29(7,8)23(4,5)6)21-14-19(10-11-20(21)15-24)22-18(3)25-16-28-22/h10-11,14,16-17H,9,12-13H2,1-8H3. The Hall–Kier alpha value is -1.68. The molecule has 0 fully saturated rings. The maximum absolute atomic E-state index is 9.69. The second-order valence-corrected chi connectivity index (χ2v) is 15.0. The lowest BCUT2D eigenvalue weighted by molar-refractivity contribution is 0.282. The number of nitrogens with zero attached hydrogens (tertiary/aromatic N) is 3. The van der Waals surface area contributed by atoms with Gasteiger partial charge in [0.15, 0.2) is 8.32 Å². The van der Waals surface area contributed by atoms with Crippen LogP contribution in [0.25, 0.3) is 10.4 Å². The number of thiazole rings is 1. The molecule has 1 aromatic carbocycles. The van der Waals surface area contributed by atoms with Gasteiger partial charge in [-0.25, -0.2) is 4.98 Å². The van der Waals surface area contributed by atoms with Gasteiger partial charge in [-0.1, -0.05) is 26.8 Å². The average Bonchev–Trinajstić information content (AvgIpc) is 3.06. The van der Waals surface area contributed by atoms with Crippen LogP contribution in [0.15, 0.2) is 23.7 Å². The maximum atomic E-state index is 9.69. The van der Waals surface area contributed by atoms with E-state index >= 15 is 0 Å². The van der Waals surface area contributed by atoms with Gasteiger partial charge in [0, 0.05) is 19.2 Å². The topological polar surface area (TPSA) is 49.2 Å². The second-order valence-electron chi connectivity index (χ2n) is 9.36. The summed E-state index contributed by atoms with van der Waals surface area (Å²) in [6.45, 7) is 19.4. The zero-order valence-corrected chi connectivity index (χ0v) is 21.0. The Kier molecular flexibility index (Phi) is 7.66. The summed E-state index contributed by atoms with van der Waals surface area (Å²) in [5.74, 6) is 0. The zero-order valence-electron chi connectivity index (χ0n) is 19.2. The van der Waals surface area contributed by atoms with Gasteiger partial charge in [0.1, 0.15) is 6.07 Å². The van der Waals surface area contributed by atoms with Crippen LogP contribution in [-0.4, -0.2) is 32.5 Å². The quantitative estimate of drug-likeness (QED) is 0.349. The van der Waals surface area contributed by atoms with Crippen LogP contribution in [0.1, 0.15) is 52.3 Å². The molecule has 0 atom stereocenters. The second kappa shape index (κ2) is 9.42. The highest BCUT2D eigenvalue weighted by atomic mass is 32.1. The van der Waals surface area contributed by atoms with E-state index in [4.69, 9.17) is 4.43 Å². The molecule has 2 rings (SSSR count). The van der Waals surface area contributed by atoms with Crippen molar-refractivity contribution in [1.82, 2.24) is 4.98 Å². The molecule has 0 saturated heterocycles. The van der Waals surface area contributed by atoms with E-state index < -0.39 is 8.32 Å². The van der Waals surface area contributed by atoms with E-state index in [0.717, 1.165) is 42.1 Å². The average molecular weight is 430 g/mol. The van der Waals surface area contributed by atoms with E-state index in [9.17, 15) is 5.26 Å². The predicted octanol–water partition coefficient (Wildman–Crippen LogP) is 6.62. The van der Waals surface area contributed by atoms with E-state index in [1.165, 1.54) is 4.88 Å². The lowest BCUT2D eigenvalue weighted by Crippen LogP contribution is -2.41. The lowest BCUT2D eigenvalue weighted by atomic mass is 10.1. The van der Waals surface area contributed by atoms with Crippen molar-refractivity contribution in [2.24, 2.45) is 0 Å². The highest BCUT2D eigenvalue weighted by Crippen LogP contribution is 2.37. The summed E-state index contributed by atoms with van der Waals surface area (Å²) in [4.78, 5) is 7.87. The molecule has 6 heteroatoms. The van der Waals surface area contributed by atoms with Gasteiger partial charge < -0.3 is 9.33 Å². The van der Waals surface area contributed by atoms with Crippen molar-refractivity contribution in [1.29, 1.82) is 5.26 Å². The Labute approximate surface area is 181 Å². The summed E-state index contributed by atoms with van der Waals surface area (Å²) in [5, 5.41) is 9.91. The fourth-order valence-corrected chi connectivity index (χ4v) is 4.91. The SMILES string of the molecule is Cc1ncsc1-c1ccc(C#N)c(N(CCCO[Si](C)(C)C(C)(C)C)C(C)C)c1. The first-order chi connectivity index (χ1) is 13.5. The van der Waals surface area contributed by atoms with Gasteiger partial charge in [-0.3, -0.25) is 0 Å². The number of hydrogen-bond acceptors (Lipinski definition) is 5. The van der Waals surface area contributed by atoms with E-state index in [-0.39, 0.29) is 5.04 Å². The Morgan fingerprint density at radius 3 is 2.48 bits per heavy atom. The molecule has 29 heavy (non-hydrogen) atoms. The van der Waals surface area contributed by atoms with Gasteiger partial charge >= 0.3 is 0 Å². The molecular weight excluding hydrogens is 394 g/mol. The van der Waals surface area contributed by atoms with Crippen molar-refractivity contribution in [2.75, 3.05) is 18.1 Å². The largest absolute Gasteiger partial charge is 0.417 e. The lowest BCUT2D eigenvalue weighted by Gasteiger charge is -2.36. The van der Waals surface area contributed by atoms with Gasteiger partial charge in [0.25, 0.3) is 0 Å². The molecular formula is C23H35N3OSSi. The van der Waals surface area contributed by atoms with Crippen LogP contribution in [0.2, 0.25) is 18.1 Å². The van der Waals surface area contributed by atoms with E-state index in [0.29, 0.717) is 6.04 Å². The van der Waals surface area contributed by atoms with Gasteiger partial charge in [-0.05, 0) is 63.0 Å². The number of hydrogen-bond donors (Lipinski definition) is 0. The van der Waals surface area contributed by atoms with E-state index in [1.807, 2.05) is 24.6 Å². The summed E-state index contributed by atoms with van der Waals surface area (Å²) in [6.07, 6.45) is 0.944. The van der Waals surface area contributed by atoms with Crippen molar-refractivity contribution >= 4 is 25.3 Å². The number of benzene rings is 1. The summed E-state index contributed by atoms with van der Waals surface area (Å²) in [6, 6.07) is 8.79. The van der Waals surface area contributed by atoms with Crippen LogP contribution in [-0.2, 0) is 4.43 Å². The third-order valence-corrected chi connectivity index (χ3v) is 11.4. The van der Waals surface area contributed by atoms with Gasteiger partial charge in [-0.15, -0.1) is 11.3 Å². The van der Waals surface area contributed by atoms with Gasteiger partial charge in [0.2, 0.25) is 0 Å². The monoisotopic (exact) mass is 429 g/mol. The van der Waals surface area contributed by atoms with Crippen LogP contribution in [0.3, 0.4) is 0 Å². The van der Waals surface area contributed by atoms with Crippen molar-refractivity contribution < 1.29 is 4.43 Å². The third kappa shape index (κ3) is 5.69. The molecule has 1 heterocycles. The molecule has 0 aliphatic heterocycles.